The van der Waals surface area contributed by atoms with E-state index in [0.717, 1.165) is 29.4 Å². The first kappa shape index (κ1) is 22.3. The SMILES string of the molecule is CC(C)c1nnc(SCC(=O)N2CCN(S(=O)(=O)Cc3ccccc3)CC2)n1C1CC1. The number of rotatable bonds is 8. The second-order valence-electron chi connectivity index (χ2n) is 8.41. The Kier molecular flexibility index (Phi) is 6.68. The predicted molar refractivity (Wildman–Crippen MR) is 120 cm³/mol. The van der Waals surface area contributed by atoms with Gasteiger partial charge in [0.25, 0.3) is 0 Å². The first-order valence-corrected chi connectivity index (χ1v) is 13.3. The van der Waals surface area contributed by atoms with Crippen molar-refractivity contribution in [2.75, 3.05) is 31.9 Å². The number of aromatic nitrogens is 3. The van der Waals surface area contributed by atoms with Gasteiger partial charge in [-0.25, -0.2) is 8.42 Å². The number of piperazine rings is 1. The lowest BCUT2D eigenvalue weighted by Crippen LogP contribution is -2.51. The van der Waals surface area contributed by atoms with Crippen LogP contribution in [0.5, 0.6) is 0 Å². The fourth-order valence-electron chi connectivity index (χ4n) is 3.77. The zero-order valence-corrected chi connectivity index (χ0v) is 19.6. The van der Waals surface area contributed by atoms with Gasteiger partial charge in [0.15, 0.2) is 5.16 Å². The average Bonchev–Trinajstić information content (AvgIpc) is 3.51. The van der Waals surface area contributed by atoms with E-state index < -0.39 is 10.0 Å². The van der Waals surface area contributed by atoms with Crippen LogP contribution in [0.2, 0.25) is 0 Å². The first-order chi connectivity index (χ1) is 14.8. The maximum absolute atomic E-state index is 12.7. The molecule has 31 heavy (non-hydrogen) atoms. The molecule has 168 valence electrons. The number of carbonyl (C=O) groups excluding carboxylic acids is 1. The summed E-state index contributed by atoms with van der Waals surface area (Å²) in [6.45, 7) is 5.71. The zero-order chi connectivity index (χ0) is 22.0. The monoisotopic (exact) mass is 463 g/mol. The average molecular weight is 464 g/mol. The molecular weight excluding hydrogens is 434 g/mol. The number of hydrogen-bond acceptors (Lipinski definition) is 6. The van der Waals surface area contributed by atoms with Crippen molar-refractivity contribution >= 4 is 27.7 Å². The molecule has 0 radical (unpaired) electrons. The van der Waals surface area contributed by atoms with E-state index in [9.17, 15) is 13.2 Å². The van der Waals surface area contributed by atoms with Crippen molar-refractivity contribution < 1.29 is 13.2 Å². The zero-order valence-electron chi connectivity index (χ0n) is 18.0. The van der Waals surface area contributed by atoms with Crippen LogP contribution >= 0.6 is 11.8 Å². The van der Waals surface area contributed by atoms with Gasteiger partial charge in [-0.1, -0.05) is 55.9 Å². The Morgan fingerprint density at radius 1 is 1.10 bits per heavy atom. The second-order valence-corrected chi connectivity index (χ2v) is 11.3. The van der Waals surface area contributed by atoms with Crippen molar-refractivity contribution in [1.82, 2.24) is 24.0 Å². The summed E-state index contributed by atoms with van der Waals surface area (Å²) in [6.07, 6.45) is 2.28. The Morgan fingerprint density at radius 3 is 2.39 bits per heavy atom. The number of benzene rings is 1. The summed E-state index contributed by atoms with van der Waals surface area (Å²) >= 11 is 1.43. The highest BCUT2D eigenvalue weighted by Crippen LogP contribution is 2.40. The number of hydrogen-bond donors (Lipinski definition) is 0. The van der Waals surface area contributed by atoms with E-state index in [1.807, 2.05) is 30.3 Å². The topological polar surface area (TPSA) is 88.4 Å². The summed E-state index contributed by atoms with van der Waals surface area (Å²) in [4.78, 5) is 14.5. The number of sulfonamides is 1. The van der Waals surface area contributed by atoms with E-state index in [1.165, 1.54) is 16.1 Å². The van der Waals surface area contributed by atoms with Crippen molar-refractivity contribution in [2.45, 2.75) is 49.6 Å². The van der Waals surface area contributed by atoms with Crippen molar-refractivity contribution in [1.29, 1.82) is 0 Å². The molecule has 1 aliphatic heterocycles. The summed E-state index contributed by atoms with van der Waals surface area (Å²) in [7, 11) is -3.39. The summed E-state index contributed by atoms with van der Waals surface area (Å²) in [5.41, 5.74) is 0.776. The lowest BCUT2D eigenvalue weighted by molar-refractivity contribution is -0.129. The minimum Gasteiger partial charge on any atom is -0.339 e. The van der Waals surface area contributed by atoms with E-state index in [1.54, 1.807) is 4.90 Å². The van der Waals surface area contributed by atoms with Crippen LogP contribution in [-0.4, -0.2) is 70.2 Å². The third-order valence-electron chi connectivity index (χ3n) is 5.62. The van der Waals surface area contributed by atoms with E-state index in [4.69, 9.17) is 0 Å². The van der Waals surface area contributed by atoms with Gasteiger partial charge in [0.2, 0.25) is 15.9 Å². The Morgan fingerprint density at radius 2 is 1.77 bits per heavy atom. The second kappa shape index (κ2) is 9.30. The van der Waals surface area contributed by atoms with Gasteiger partial charge in [0, 0.05) is 38.1 Å². The van der Waals surface area contributed by atoms with E-state index in [-0.39, 0.29) is 11.7 Å². The molecule has 4 rings (SSSR count). The molecule has 0 spiro atoms. The molecule has 1 aliphatic carbocycles. The Labute approximate surface area is 188 Å². The van der Waals surface area contributed by atoms with Crippen molar-refractivity contribution in [3.05, 3.63) is 41.7 Å². The molecule has 2 fully saturated rings. The van der Waals surface area contributed by atoms with E-state index in [2.05, 4.69) is 28.6 Å². The minimum absolute atomic E-state index is 0.00729. The summed E-state index contributed by atoms with van der Waals surface area (Å²) in [6, 6.07) is 9.65. The van der Waals surface area contributed by atoms with Crippen molar-refractivity contribution in [3.63, 3.8) is 0 Å². The van der Waals surface area contributed by atoms with Crippen LogP contribution in [-0.2, 0) is 20.6 Å². The molecule has 10 heteroatoms. The predicted octanol–water partition coefficient (Wildman–Crippen LogP) is 2.50. The third kappa shape index (κ3) is 5.30. The molecular formula is C21H29N5O3S2. The fraction of sp³-hybridized carbons (Fsp3) is 0.571. The lowest BCUT2D eigenvalue weighted by Gasteiger charge is -2.34. The Hall–Kier alpha value is -1.91. The highest BCUT2D eigenvalue weighted by Gasteiger charge is 2.32. The van der Waals surface area contributed by atoms with Gasteiger partial charge in [-0.15, -0.1) is 10.2 Å². The van der Waals surface area contributed by atoms with Crippen LogP contribution in [0.15, 0.2) is 35.5 Å². The summed E-state index contributed by atoms with van der Waals surface area (Å²) in [5, 5.41) is 9.46. The van der Waals surface area contributed by atoms with Crippen LogP contribution in [0.25, 0.3) is 0 Å². The maximum Gasteiger partial charge on any atom is 0.233 e. The highest BCUT2D eigenvalue weighted by molar-refractivity contribution is 7.99. The molecule has 0 bridgehead atoms. The summed E-state index contributed by atoms with van der Waals surface area (Å²) < 4.78 is 29.1. The molecule has 1 aromatic heterocycles. The molecule has 2 heterocycles. The molecule has 0 unspecified atom stereocenters. The Balaban J connectivity index is 1.30. The largest absolute Gasteiger partial charge is 0.339 e. The van der Waals surface area contributed by atoms with E-state index >= 15 is 0 Å². The lowest BCUT2D eigenvalue weighted by atomic mass is 10.2. The number of nitrogens with zero attached hydrogens (tertiary/aromatic N) is 5. The number of amides is 1. The van der Waals surface area contributed by atoms with Crippen molar-refractivity contribution in [2.24, 2.45) is 0 Å². The first-order valence-electron chi connectivity index (χ1n) is 10.7. The van der Waals surface area contributed by atoms with Gasteiger partial charge in [-0.05, 0) is 18.4 Å². The smallest absolute Gasteiger partial charge is 0.233 e. The number of thioether (sulfide) groups is 1. The molecule has 2 aliphatic rings. The van der Waals surface area contributed by atoms with E-state index in [0.29, 0.717) is 43.9 Å². The number of carbonyl (C=O) groups is 1. The van der Waals surface area contributed by atoms with Crippen LogP contribution < -0.4 is 0 Å². The van der Waals surface area contributed by atoms with Gasteiger partial charge in [-0.3, -0.25) is 4.79 Å². The molecule has 2 aromatic rings. The summed E-state index contributed by atoms with van der Waals surface area (Å²) in [5.74, 6) is 1.58. The van der Waals surface area contributed by atoms with Crippen LogP contribution in [0.1, 0.15) is 50.0 Å². The quantitative estimate of drug-likeness (QED) is 0.559. The minimum atomic E-state index is -3.39. The van der Waals surface area contributed by atoms with Crippen molar-refractivity contribution in [3.8, 4) is 0 Å². The molecule has 8 nitrogen and oxygen atoms in total. The third-order valence-corrected chi connectivity index (χ3v) is 8.40. The molecule has 0 N–H and O–H groups in total. The van der Waals surface area contributed by atoms with Crippen LogP contribution in [0.4, 0.5) is 0 Å². The van der Waals surface area contributed by atoms with Gasteiger partial charge in [0.05, 0.1) is 11.5 Å². The highest BCUT2D eigenvalue weighted by atomic mass is 32.2. The normalized spacial score (nSPS) is 18.0. The van der Waals surface area contributed by atoms with Gasteiger partial charge >= 0.3 is 0 Å². The molecule has 1 saturated heterocycles. The molecule has 1 aromatic carbocycles. The van der Waals surface area contributed by atoms with Gasteiger partial charge < -0.3 is 9.47 Å². The van der Waals surface area contributed by atoms with Gasteiger partial charge in [-0.2, -0.15) is 4.31 Å². The van der Waals surface area contributed by atoms with Crippen LogP contribution in [0.3, 0.4) is 0 Å². The van der Waals surface area contributed by atoms with Gasteiger partial charge in [0.1, 0.15) is 5.82 Å². The maximum atomic E-state index is 12.7. The Bertz CT molecular complexity index is 1010. The van der Waals surface area contributed by atoms with Crippen LogP contribution in [0, 0.1) is 0 Å². The molecule has 0 atom stereocenters. The molecule has 1 saturated carbocycles. The standard InChI is InChI=1S/C21H29N5O3S2/c1-16(2)20-22-23-21(26(20)18-8-9-18)30-14-19(27)24-10-12-25(13-11-24)31(28,29)15-17-6-4-3-5-7-17/h3-7,16,18H,8-15H2,1-2H3. The fourth-order valence-corrected chi connectivity index (χ4v) is 6.20. The molecule has 1 amide bonds.